The van der Waals surface area contributed by atoms with Crippen LogP contribution in [0.25, 0.3) is 0 Å². The highest BCUT2D eigenvalue weighted by molar-refractivity contribution is 8.06. The number of hydrogen-bond donors (Lipinski definition) is 0. The van der Waals surface area contributed by atoms with Crippen LogP contribution in [0.15, 0.2) is 70.2 Å². The van der Waals surface area contributed by atoms with Crippen molar-refractivity contribution in [1.82, 2.24) is 0 Å². The van der Waals surface area contributed by atoms with E-state index in [2.05, 4.69) is 0 Å². The van der Waals surface area contributed by atoms with E-state index < -0.39 is 5.78 Å². The predicted molar refractivity (Wildman–Crippen MR) is 104 cm³/mol. The van der Waals surface area contributed by atoms with Crippen molar-refractivity contribution in [2.45, 2.75) is 6.92 Å². The second-order valence-corrected chi connectivity index (χ2v) is 6.94. The summed E-state index contributed by atoms with van der Waals surface area (Å²) in [5.74, 6) is -0.407. The fourth-order valence-corrected chi connectivity index (χ4v) is 3.92. The van der Waals surface area contributed by atoms with Crippen molar-refractivity contribution in [2.75, 3.05) is 4.90 Å². The molecule has 3 nitrogen and oxygen atoms in total. The van der Waals surface area contributed by atoms with Gasteiger partial charge < -0.3 is 4.90 Å². The van der Waals surface area contributed by atoms with Crippen LogP contribution in [0.5, 0.6) is 0 Å². The number of carbonyl (C=O) groups is 1. The molecule has 0 saturated carbocycles. The quantitative estimate of drug-likeness (QED) is 0.367. The van der Waals surface area contributed by atoms with E-state index in [9.17, 15) is 10.1 Å². The molecule has 0 amide bonds. The zero-order valence-corrected chi connectivity index (χ0v) is 15.5. The number of Topliss-reactive ketones (excluding diaryl/α,β-unsaturated/α-hetero) is 1. The first-order valence-corrected chi connectivity index (χ1v) is 9.00. The van der Waals surface area contributed by atoms with Crippen LogP contribution >= 0.6 is 35.0 Å². The van der Waals surface area contributed by atoms with Crippen LogP contribution in [0.4, 0.5) is 5.69 Å². The maximum absolute atomic E-state index is 12.9. The molecular weight excluding hydrogens is 375 g/mol. The van der Waals surface area contributed by atoms with E-state index in [1.165, 1.54) is 11.8 Å². The Hall–Kier alpha value is -2.19. The number of rotatable bonds is 3. The third kappa shape index (κ3) is 3.32. The van der Waals surface area contributed by atoms with Gasteiger partial charge in [0.1, 0.15) is 16.7 Å². The number of hydrogen-bond acceptors (Lipinski definition) is 4. The molecule has 25 heavy (non-hydrogen) atoms. The summed E-state index contributed by atoms with van der Waals surface area (Å²) < 4.78 is 0. The number of para-hydroxylation sites is 1. The summed E-state index contributed by atoms with van der Waals surface area (Å²) in [6.07, 6.45) is 0. The number of nitriles is 1. The van der Waals surface area contributed by atoms with Gasteiger partial charge in [0, 0.05) is 11.3 Å². The Morgan fingerprint density at radius 3 is 2.36 bits per heavy atom. The number of benzene rings is 2. The van der Waals surface area contributed by atoms with Gasteiger partial charge in [-0.1, -0.05) is 59.2 Å². The number of nitrogens with zero attached hydrogens (tertiary/aromatic N) is 2. The number of ketones is 1. The van der Waals surface area contributed by atoms with E-state index in [-0.39, 0.29) is 5.57 Å². The van der Waals surface area contributed by atoms with Crippen molar-refractivity contribution in [3.8, 4) is 6.07 Å². The molecule has 2 aromatic rings. The summed E-state index contributed by atoms with van der Waals surface area (Å²) in [5.41, 5.74) is 1.94. The van der Waals surface area contributed by atoms with Gasteiger partial charge in [-0.2, -0.15) is 5.26 Å². The van der Waals surface area contributed by atoms with E-state index in [1.807, 2.05) is 41.5 Å². The van der Waals surface area contributed by atoms with E-state index in [1.54, 1.807) is 30.3 Å². The summed E-state index contributed by atoms with van der Waals surface area (Å²) >= 11 is 13.8. The van der Waals surface area contributed by atoms with Gasteiger partial charge in [-0.05, 0) is 36.6 Å². The van der Waals surface area contributed by atoms with Gasteiger partial charge in [-0.15, -0.1) is 0 Å². The number of thioether (sulfide) groups is 1. The van der Waals surface area contributed by atoms with Crippen molar-refractivity contribution < 1.29 is 4.79 Å². The molecule has 0 bridgehead atoms. The molecule has 1 heterocycles. The van der Waals surface area contributed by atoms with E-state index in [0.29, 0.717) is 20.6 Å². The third-order valence-electron chi connectivity index (χ3n) is 3.66. The molecule has 6 heteroatoms. The lowest BCUT2D eigenvalue weighted by Gasteiger charge is -2.23. The Kier molecular flexibility index (Phi) is 5.19. The zero-order valence-electron chi connectivity index (χ0n) is 13.2. The SMILES string of the molecule is CC1=CS/C(=C(\C#N)C(=O)c2ccccc2Cl)N1c1ccccc1Cl. The van der Waals surface area contributed by atoms with E-state index in [0.717, 1.165) is 11.4 Å². The standard InChI is InChI=1S/C19H12Cl2N2OS/c1-12-11-25-19(23(12)17-9-5-4-8-16(17)21)14(10-22)18(24)13-6-2-3-7-15(13)20/h2-9,11H,1H3/b19-14+. The summed E-state index contributed by atoms with van der Waals surface area (Å²) in [6.45, 7) is 1.90. The molecule has 1 aliphatic rings. The summed E-state index contributed by atoms with van der Waals surface area (Å²) in [6, 6.07) is 16.1. The molecule has 0 unspecified atom stereocenters. The van der Waals surface area contributed by atoms with Crippen LogP contribution in [0.2, 0.25) is 10.0 Å². The van der Waals surface area contributed by atoms with Crippen LogP contribution < -0.4 is 4.90 Å². The summed E-state index contributed by atoms with van der Waals surface area (Å²) in [5, 5.41) is 12.9. The topological polar surface area (TPSA) is 44.1 Å². The number of carbonyl (C=O) groups excluding carboxylic acids is 1. The smallest absolute Gasteiger partial charge is 0.207 e. The average Bonchev–Trinajstić information content (AvgIpc) is 2.98. The minimum absolute atomic E-state index is 0.0334. The van der Waals surface area contributed by atoms with Crippen molar-refractivity contribution in [3.63, 3.8) is 0 Å². The van der Waals surface area contributed by atoms with Crippen molar-refractivity contribution in [2.24, 2.45) is 0 Å². The average molecular weight is 387 g/mol. The summed E-state index contributed by atoms with van der Waals surface area (Å²) in [4.78, 5) is 14.7. The predicted octanol–water partition coefficient (Wildman–Crippen LogP) is 6.03. The molecule has 0 N–H and O–H groups in total. The Bertz CT molecular complexity index is 960. The number of halogens is 2. The first-order valence-electron chi connectivity index (χ1n) is 7.36. The normalized spacial score (nSPS) is 15.6. The molecule has 124 valence electrons. The molecule has 2 aromatic carbocycles. The van der Waals surface area contributed by atoms with E-state index in [4.69, 9.17) is 23.2 Å². The van der Waals surface area contributed by atoms with Gasteiger partial charge in [0.2, 0.25) is 5.78 Å². The first kappa shape index (κ1) is 17.6. The Balaban J connectivity index is 2.13. The van der Waals surface area contributed by atoms with Gasteiger partial charge in [-0.25, -0.2) is 0 Å². The fraction of sp³-hybridized carbons (Fsp3) is 0.0526. The zero-order chi connectivity index (χ0) is 18.0. The maximum Gasteiger partial charge on any atom is 0.207 e. The highest BCUT2D eigenvalue weighted by atomic mass is 35.5. The van der Waals surface area contributed by atoms with Crippen LogP contribution in [0.3, 0.4) is 0 Å². The summed E-state index contributed by atoms with van der Waals surface area (Å²) in [7, 11) is 0. The van der Waals surface area contributed by atoms with Crippen LogP contribution in [0.1, 0.15) is 17.3 Å². The Morgan fingerprint density at radius 1 is 1.08 bits per heavy atom. The van der Waals surface area contributed by atoms with Crippen molar-refractivity contribution in [1.29, 1.82) is 5.26 Å². The number of allylic oxidation sites excluding steroid dienone is 2. The van der Waals surface area contributed by atoms with Crippen molar-refractivity contribution in [3.05, 3.63) is 85.8 Å². The molecule has 0 saturated heterocycles. The molecule has 1 aliphatic heterocycles. The molecular formula is C19H12Cl2N2OS. The highest BCUT2D eigenvalue weighted by Gasteiger charge is 2.29. The molecule has 0 aliphatic carbocycles. The lowest BCUT2D eigenvalue weighted by atomic mass is 10.0. The molecule has 0 atom stereocenters. The van der Waals surface area contributed by atoms with Crippen LogP contribution in [-0.2, 0) is 0 Å². The Morgan fingerprint density at radius 2 is 1.72 bits per heavy atom. The minimum atomic E-state index is -0.407. The largest absolute Gasteiger partial charge is 0.305 e. The fourth-order valence-electron chi connectivity index (χ4n) is 2.49. The lowest BCUT2D eigenvalue weighted by molar-refractivity contribution is 0.103. The van der Waals surface area contributed by atoms with Crippen LogP contribution in [0, 0.1) is 11.3 Å². The second-order valence-electron chi connectivity index (χ2n) is 5.26. The first-order chi connectivity index (χ1) is 12.0. The molecule has 0 spiro atoms. The van der Waals surface area contributed by atoms with Gasteiger partial charge >= 0.3 is 0 Å². The minimum Gasteiger partial charge on any atom is -0.305 e. The van der Waals surface area contributed by atoms with Gasteiger partial charge in [0.15, 0.2) is 0 Å². The molecule has 0 radical (unpaired) electrons. The number of anilines is 1. The van der Waals surface area contributed by atoms with Crippen molar-refractivity contribution >= 4 is 46.4 Å². The molecule has 0 aromatic heterocycles. The maximum atomic E-state index is 12.9. The van der Waals surface area contributed by atoms with Crippen LogP contribution in [-0.4, -0.2) is 5.78 Å². The molecule has 0 fully saturated rings. The lowest BCUT2D eigenvalue weighted by Crippen LogP contribution is -2.19. The third-order valence-corrected chi connectivity index (χ3v) is 5.38. The Labute approximate surface area is 160 Å². The van der Waals surface area contributed by atoms with Gasteiger partial charge in [0.25, 0.3) is 0 Å². The van der Waals surface area contributed by atoms with Gasteiger partial charge in [0.05, 0.1) is 15.7 Å². The van der Waals surface area contributed by atoms with E-state index >= 15 is 0 Å². The molecule has 3 rings (SSSR count). The monoisotopic (exact) mass is 386 g/mol. The highest BCUT2D eigenvalue weighted by Crippen LogP contribution is 2.43. The van der Waals surface area contributed by atoms with Gasteiger partial charge in [-0.3, -0.25) is 4.79 Å². The second kappa shape index (κ2) is 7.37.